The van der Waals surface area contributed by atoms with Gasteiger partial charge in [-0.1, -0.05) is 12.1 Å². The first-order valence-electron chi connectivity index (χ1n) is 9.59. The van der Waals surface area contributed by atoms with Gasteiger partial charge in [0.25, 0.3) is 5.91 Å². The molecule has 2 aliphatic heterocycles. The zero-order chi connectivity index (χ0) is 21.1. The molecule has 0 aliphatic carbocycles. The van der Waals surface area contributed by atoms with Gasteiger partial charge in [-0.3, -0.25) is 25.2 Å². The van der Waals surface area contributed by atoms with E-state index >= 15 is 0 Å². The van der Waals surface area contributed by atoms with Crippen LogP contribution < -0.4 is 30.0 Å². The van der Waals surface area contributed by atoms with E-state index in [2.05, 4.69) is 10.9 Å². The number of nitrogens with one attached hydrogen (secondary N) is 2. The molecule has 9 heteroatoms. The van der Waals surface area contributed by atoms with Crippen LogP contribution in [0.15, 0.2) is 42.5 Å². The van der Waals surface area contributed by atoms with Crippen molar-refractivity contribution in [3.63, 3.8) is 0 Å². The molecule has 1 fully saturated rings. The number of carbonyl (C=O) groups is 3. The molecule has 2 aliphatic rings. The Bertz CT molecular complexity index is 992. The van der Waals surface area contributed by atoms with Gasteiger partial charge in [0.2, 0.25) is 18.6 Å². The highest BCUT2D eigenvalue weighted by molar-refractivity contribution is 6.02. The van der Waals surface area contributed by atoms with Gasteiger partial charge in [0, 0.05) is 18.5 Å². The zero-order valence-corrected chi connectivity index (χ0v) is 16.3. The highest BCUT2D eigenvalue weighted by atomic mass is 16.7. The van der Waals surface area contributed by atoms with Gasteiger partial charge in [0.15, 0.2) is 11.5 Å². The molecule has 0 spiro atoms. The summed E-state index contributed by atoms with van der Waals surface area (Å²) in [4.78, 5) is 38.9. The second kappa shape index (κ2) is 8.32. The maximum absolute atomic E-state index is 12.5. The number of nitrogens with zero attached hydrogens (tertiary/aromatic N) is 1. The van der Waals surface area contributed by atoms with Crippen LogP contribution in [0.3, 0.4) is 0 Å². The van der Waals surface area contributed by atoms with Crippen LogP contribution in [0.25, 0.3) is 0 Å². The molecule has 0 unspecified atom stereocenters. The van der Waals surface area contributed by atoms with Crippen molar-refractivity contribution in [2.75, 3.05) is 24.8 Å². The number of hydrogen-bond acceptors (Lipinski definition) is 6. The molecule has 2 aromatic carbocycles. The van der Waals surface area contributed by atoms with E-state index in [-0.39, 0.29) is 25.7 Å². The number of ether oxygens (including phenoxy) is 3. The minimum Gasteiger partial charge on any atom is -0.492 e. The molecule has 2 aromatic rings. The van der Waals surface area contributed by atoms with Crippen molar-refractivity contribution in [1.82, 2.24) is 10.9 Å². The number of para-hydroxylation sites is 2. The quantitative estimate of drug-likeness (QED) is 0.725. The predicted octanol–water partition coefficient (Wildman–Crippen LogP) is 1.63. The lowest BCUT2D eigenvalue weighted by Gasteiger charge is -2.20. The van der Waals surface area contributed by atoms with Crippen molar-refractivity contribution in [3.05, 3.63) is 48.0 Å². The van der Waals surface area contributed by atoms with Crippen molar-refractivity contribution in [2.24, 2.45) is 5.92 Å². The lowest BCUT2D eigenvalue weighted by molar-refractivity contribution is -0.126. The maximum Gasteiger partial charge on any atom is 0.269 e. The van der Waals surface area contributed by atoms with Gasteiger partial charge in [-0.15, -0.1) is 0 Å². The molecule has 0 radical (unpaired) electrons. The van der Waals surface area contributed by atoms with Crippen molar-refractivity contribution in [1.29, 1.82) is 0 Å². The van der Waals surface area contributed by atoms with Crippen molar-refractivity contribution < 1.29 is 28.6 Å². The molecule has 9 nitrogen and oxygen atoms in total. The van der Waals surface area contributed by atoms with Gasteiger partial charge in [0.1, 0.15) is 5.75 Å². The minimum absolute atomic E-state index is 0.0478. The summed E-state index contributed by atoms with van der Waals surface area (Å²) in [7, 11) is 0. The van der Waals surface area contributed by atoms with Gasteiger partial charge in [-0.25, -0.2) is 0 Å². The Balaban J connectivity index is 1.37. The second-order valence-corrected chi connectivity index (χ2v) is 6.82. The number of rotatable bonds is 5. The fourth-order valence-electron chi connectivity index (χ4n) is 3.40. The number of fused-ring (bicyclic) bond motifs is 1. The first-order chi connectivity index (χ1) is 14.6. The van der Waals surface area contributed by atoms with Crippen LogP contribution in [0.5, 0.6) is 17.2 Å². The monoisotopic (exact) mass is 411 g/mol. The third-order valence-electron chi connectivity index (χ3n) is 4.89. The minimum atomic E-state index is -0.593. The fraction of sp³-hybridized carbons (Fsp3) is 0.286. The number of benzene rings is 2. The van der Waals surface area contributed by atoms with Crippen molar-refractivity contribution >= 4 is 23.4 Å². The topological polar surface area (TPSA) is 106 Å². The van der Waals surface area contributed by atoms with Crippen LogP contribution in [0, 0.1) is 5.92 Å². The predicted molar refractivity (Wildman–Crippen MR) is 106 cm³/mol. The van der Waals surface area contributed by atoms with Crippen LogP contribution in [0.1, 0.15) is 23.7 Å². The second-order valence-electron chi connectivity index (χ2n) is 6.82. The Kier molecular flexibility index (Phi) is 5.42. The molecule has 0 saturated carbocycles. The summed E-state index contributed by atoms with van der Waals surface area (Å²) < 4.78 is 16.0. The van der Waals surface area contributed by atoms with Crippen LogP contribution >= 0.6 is 0 Å². The number of anilines is 1. The first kappa shape index (κ1) is 19.6. The normalized spacial score (nSPS) is 17.0. The lowest BCUT2D eigenvalue weighted by atomic mass is 10.1. The highest BCUT2D eigenvalue weighted by Gasteiger charge is 2.36. The molecule has 2 heterocycles. The highest BCUT2D eigenvalue weighted by Crippen LogP contribution is 2.33. The fourth-order valence-corrected chi connectivity index (χ4v) is 3.40. The Hall–Kier alpha value is -3.75. The smallest absolute Gasteiger partial charge is 0.269 e. The summed E-state index contributed by atoms with van der Waals surface area (Å²) in [5.41, 5.74) is 5.72. The molecule has 156 valence electrons. The van der Waals surface area contributed by atoms with Gasteiger partial charge in [-0.05, 0) is 37.3 Å². The standard InChI is InChI=1S/C21H21N3O6/c1-2-28-16-6-4-3-5-15(16)24-11-14(10-19(24)25)21(27)23-22-20(26)13-7-8-17-18(9-13)30-12-29-17/h3-9,14H,2,10-12H2,1H3,(H,22,26)(H,23,27)/t14-/m0/s1. The van der Waals surface area contributed by atoms with E-state index in [1.54, 1.807) is 24.3 Å². The van der Waals surface area contributed by atoms with E-state index in [4.69, 9.17) is 14.2 Å². The van der Waals surface area contributed by atoms with E-state index in [0.29, 0.717) is 35.1 Å². The van der Waals surface area contributed by atoms with E-state index in [1.807, 2.05) is 19.1 Å². The van der Waals surface area contributed by atoms with Crippen molar-refractivity contribution in [3.8, 4) is 17.2 Å². The van der Waals surface area contributed by atoms with Crippen LogP contribution in [0.2, 0.25) is 0 Å². The first-order valence-corrected chi connectivity index (χ1v) is 9.59. The Morgan fingerprint density at radius 1 is 1.13 bits per heavy atom. The molecule has 0 aromatic heterocycles. The van der Waals surface area contributed by atoms with E-state index in [0.717, 1.165) is 0 Å². The summed E-state index contributed by atoms with van der Waals surface area (Å²) in [6.07, 6.45) is 0.0478. The van der Waals surface area contributed by atoms with E-state index in [9.17, 15) is 14.4 Å². The molecule has 4 rings (SSSR count). The number of hydrogen-bond donors (Lipinski definition) is 2. The average Bonchev–Trinajstić information content (AvgIpc) is 3.38. The molecular weight excluding hydrogens is 390 g/mol. The van der Waals surface area contributed by atoms with Gasteiger partial charge in [0.05, 0.1) is 18.2 Å². The Morgan fingerprint density at radius 3 is 2.77 bits per heavy atom. The number of hydrazine groups is 1. The zero-order valence-electron chi connectivity index (χ0n) is 16.3. The largest absolute Gasteiger partial charge is 0.492 e. The van der Waals surface area contributed by atoms with Gasteiger partial charge >= 0.3 is 0 Å². The van der Waals surface area contributed by atoms with Crippen LogP contribution in [0.4, 0.5) is 5.69 Å². The summed E-state index contributed by atoms with van der Waals surface area (Å²) in [5.74, 6) is -0.0797. The Labute approximate surface area is 172 Å². The van der Waals surface area contributed by atoms with Crippen LogP contribution in [-0.2, 0) is 9.59 Å². The summed E-state index contributed by atoms with van der Waals surface area (Å²) in [6.45, 7) is 2.64. The summed E-state index contributed by atoms with van der Waals surface area (Å²) in [5, 5.41) is 0. The maximum atomic E-state index is 12.5. The van der Waals surface area contributed by atoms with E-state index in [1.165, 1.54) is 11.0 Å². The third-order valence-corrected chi connectivity index (χ3v) is 4.89. The molecule has 3 amide bonds. The summed E-state index contributed by atoms with van der Waals surface area (Å²) in [6, 6.07) is 11.9. The molecule has 0 bridgehead atoms. The number of amides is 3. The molecular formula is C21H21N3O6. The molecule has 1 saturated heterocycles. The average molecular weight is 411 g/mol. The summed E-state index contributed by atoms with van der Waals surface area (Å²) >= 11 is 0. The van der Waals surface area contributed by atoms with E-state index < -0.39 is 17.7 Å². The molecule has 2 N–H and O–H groups in total. The lowest BCUT2D eigenvalue weighted by Crippen LogP contribution is -2.45. The SMILES string of the molecule is CCOc1ccccc1N1C[C@@H](C(=O)NNC(=O)c2ccc3c(c2)OCO3)CC1=O. The van der Waals surface area contributed by atoms with Gasteiger partial charge < -0.3 is 19.1 Å². The molecule has 1 atom stereocenters. The van der Waals surface area contributed by atoms with Crippen molar-refractivity contribution in [2.45, 2.75) is 13.3 Å². The molecule has 30 heavy (non-hydrogen) atoms. The number of carbonyl (C=O) groups excluding carboxylic acids is 3. The van der Waals surface area contributed by atoms with Gasteiger partial charge in [-0.2, -0.15) is 0 Å². The van der Waals surface area contributed by atoms with Crippen LogP contribution in [-0.4, -0.2) is 37.7 Å². The third kappa shape index (κ3) is 3.86. The Morgan fingerprint density at radius 2 is 1.93 bits per heavy atom.